The quantitative estimate of drug-likeness (QED) is 0.192. The smallest absolute Gasteiger partial charge is 0.422 e. The Balaban J connectivity index is 1.36. The highest BCUT2D eigenvalue weighted by atomic mass is 79.9. The van der Waals surface area contributed by atoms with Gasteiger partial charge in [-0.15, -0.1) is 0 Å². The molecule has 48 heavy (non-hydrogen) atoms. The highest BCUT2D eigenvalue weighted by molar-refractivity contribution is 9.10. The van der Waals surface area contributed by atoms with Gasteiger partial charge in [0, 0.05) is 41.4 Å². The second-order valence-electron chi connectivity index (χ2n) is 10.9. The standard InChI is InChI=1S/C34H26BrClF3N5O4/c35-26-13-8-21(17-27(26)36)32(46)42-15-16-43-29(19-42)30(44(33(43)47)23-9-11-24(12-10-23)48-20-34(37,38)39)31(45)41-18-22-5-1-2-6-25(22)28-7-3-4-14-40-28/h1-14,17H,15-16,18-20H2,(H,41,45). The number of ether oxygens (including phenoxy) is 1. The number of halogens is 5. The molecule has 0 atom stereocenters. The molecule has 0 spiro atoms. The van der Waals surface area contributed by atoms with E-state index in [2.05, 4.69) is 26.2 Å². The summed E-state index contributed by atoms with van der Waals surface area (Å²) in [5.74, 6) is -0.983. The van der Waals surface area contributed by atoms with Crippen LogP contribution >= 0.6 is 27.5 Å². The maximum Gasteiger partial charge on any atom is 0.422 e. The van der Waals surface area contributed by atoms with E-state index in [0.717, 1.165) is 16.8 Å². The lowest BCUT2D eigenvalue weighted by molar-refractivity contribution is -0.153. The molecular formula is C34H26BrClF3N5O4. The predicted octanol–water partition coefficient (Wildman–Crippen LogP) is 6.64. The third-order valence-electron chi connectivity index (χ3n) is 7.74. The number of carbonyl (C=O) groups excluding carboxylic acids is 2. The van der Waals surface area contributed by atoms with E-state index in [-0.39, 0.29) is 49.2 Å². The number of rotatable bonds is 8. The Morgan fingerprint density at radius 1 is 0.979 bits per heavy atom. The van der Waals surface area contributed by atoms with Gasteiger partial charge in [-0.25, -0.2) is 4.79 Å². The molecule has 2 amide bonds. The third kappa shape index (κ3) is 7.02. The van der Waals surface area contributed by atoms with Crippen molar-refractivity contribution in [1.29, 1.82) is 0 Å². The van der Waals surface area contributed by atoms with Crippen molar-refractivity contribution >= 4 is 39.3 Å². The fourth-order valence-corrected chi connectivity index (χ4v) is 5.91. The van der Waals surface area contributed by atoms with E-state index in [0.29, 0.717) is 20.8 Å². The Kier molecular flexibility index (Phi) is 9.42. The lowest BCUT2D eigenvalue weighted by Crippen LogP contribution is -2.41. The summed E-state index contributed by atoms with van der Waals surface area (Å²) in [6, 6.07) is 23.2. The number of pyridine rings is 1. The maximum atomic E-state index is 14.1. The van der Waals surface area contributed by atoms with Crippen molar-refractivity contribution in [2.75, 3.05) is 13.2 Å². The van der Waals surface area contributed by atoms with Gasteiger partial charge in [0.05, 0.1) is 28.6 Å². The summed E-state index contributed by atoms with van der Waals surface area (Å²) in [5, 5.41) is 3.28. The molecule has 1 aliphatic heterocycles. The SMILES string of the molecule is O=C(NCc1ccccc1-c1ccccn1)c1c2n(c(=O)n1-c1ccc(OCC(F)(F)F)cc1)CCN(C(=O)c1ccc(Br)c(Cl)c1)C2. The number of hydrogen-bond acceptors (Lipinski definition) is 5. The van der Waals surface area contributed by atoms with E-state index in [1.807, 2.05) is 36.4 Å². The molecule has 9 nitrogen and oxygen atoms in total. The maximum absolute atomic E-state index is 14.1. The lowest BCUT2D eigenvalue weighted by atomic mass is 10.0. The summed E-state index contributed by atoms with van der Waals surface area (Å²) < 4.78 is 46.2. The first-order valence-corrected chi connectivity index (χ1v) is 15.8. The third-order valence-corrected chi connectivity index (χ3v) is 8.98. The molecule has 3 aromatic carbocycles. The van der Waals surface area contributed by atoms with Crippen LogP contribution < -0.4 is 15.7 Å². The molecule has 6 rings (SSSR count). The van der Waals surface area contributed by atoms with Crippen molar-refractivity contribution in [2.45, 2.75) is 25.8 Å². The molecule has 0 radical (unpaired) electrons. The molecule has 5 aromatic rings. The molecule has 0 saturated carbocycles. The topological polar surface area (TPSA) is 98.5 Å². The number of carbonyl (C=O) groups is 2. The first-order chi connectivity index (χ1) is 23.0. The van der Waals surface area contributed by atoms with Crippen LogP contribution in [0.4, 0.5) is 13.2 Å². The zero-order valence-electron chi connectivity index (χ0n) is 25.0. The summed E-state index contributed by atoms with van der Waals surface area (Å²) in [6.07, 6.45) is -2.85. The number of aromatic nitrogens is 3. The van der Waals surface area contributed by atoms with Crippen LogP contribution in [-0.2, 0) is 19.6 Å². The van der Waals surface area contributed by atoms with Gasteiger partial charge >= 0.3 is 11.9 Å². The molecule has 0 saturated heterocycles. The Bertz CT molecular complexity index is 2050. The van der Waals surface area contributed by atoms with E-state index in [1.54, 1.807) is 24.4 Å². The summed E-state index contributed by atoms with van der Waals surface area (Å²) in [6.45, 7) is -1.16. The molecular weight excluding hydrogens is 715 g/mol. The van der Waals surface area contributed by atoms with Gasteiger partial charge in [0.1, 0.15) is 11.4 Å². The number of hydrogen-bond donors (Lipinski definition) is 1. The lowest BCUT2D eigenvalue weighted by Gasteiger charge is -2.28. The minimum atomic E-state index is -4.53. The average Bonchev–Trinajstić information content (AvgIpc) is 3.39. The Morgan fingerprint density at radius 3 is 2.44 bits per heavy atom. The molecule has 0 bridgehead atoms. The Morgan fingerprint density at radius 2 is 1.73 bits per heavy atom. The first kappa shape index (κ1) is 33.0. The number of imidazole rings is 1. The number of nitrogens with one attached hydrogen (secondary N) is 1. The normalized spacial score (nSPS) is 12.8. The van der Waals surface area contributed by atoms with E-state index in [9.17, 15) is 27.6 Å². The van der Waals surface area contributed by atoms with Crippen LogP contribution in [0.1, 0.15) is 32.1 Å². The van der Waals surface area contributed by atoms with Crippen molar-refractivity contribution in [3.8, 4) is 22.7 Å². The molecule has 0 aliphatic carbocycles. The molecule has 14 heteroatoms. The number of alkyl halides is 3. The zero-order chi connectivity index (χ0) is 34.0. The van der Waals surface area contributed by atoms with E-state index in [4.69, 9.17) is 16.3 Å². The highest BCUT2D eigenvalue weighted by Crippen LogP contribution is 2.27. The van der Waals surface area contributed by atoms with Crippen LogP contribution in [0.15, 0.2) is 100 Å². The van der Waals surface area contributed by atoms with Crippen molar-refractivity contribution in [3.63, 3.8) is 0 Å². The number of nitrogens with zero attached hydrogens (tertiary/aromatic N) is 4. The van der Waals surface area contributed by atoms with Gasteiger partial charge < -0.3 is 15.0 Å². The molecule has 1 aliphatic rings. The summed E-state index contributed by atoms with van der Waals surface area (Å²) in [7, 11) is 0. The van der Waals surface area contributed by atoms with Gasteiger partial charge in [0.15, 0.2) is 6.61 Å². The second kappa shape index (κ2) is 13.7. The summed E-state index contributed by atoms with van der Waals surface area (Å²) in [4.78, 5) is 47.4. The van der Waals surface area contributed by atoms with Crippen LogP contribution in [0, 0.1) is 0 Å². The van der Waals surface area contributed by atoms with Gasteiger partial charge in [-0.3, -0.25) is 23.7 Å². The number of amides is 2. The summed E-state index contributed by atoms with van der Waals surface area (Å²) in [5.41, 5.74) is 2.64. The molecule has 1 N–H and O–H groups in total. The van der Waals surface area contributed by atoms with Crippen molar-refractivity contribution in [1.82, 2.24) is 24.3 Å². The fraction of sp³-hybridized carbons (Fsp3) is 0.176. The van der Waals surface area contributed by atoms with Crippen LogP contribution in [0.2, 0.25) is 5.02 Å². The average molecular weight is 741 g/mol. The van der Waals surface area contributed by atoms with Gasteiger partial charge in [-0.1, -0.05) is 41.9 Å². The first-order valence-electron chi connectivity index (χ1n) is 14.7. The minimum absolute atomic E-state index is 0.00869. The van der Waals surface area contributed by atoms with Gasteiger partial charge in [0.25, 0.3) is 11.8 Å². The fourth-order valence-electron chi connectivity index (χ4n) is 5.48. The zero-order valence-corrected chi connectivity index (χ0v) is 27.3. The monoisotopic (exact) mass is 739 g/mol. The molecule has 0 unspecified atom stereocenters. The highest BCUT2D eigenvalue weighted by Gasteiger charge is 2.33. The summed E-state index contributed by atoms with van der Waals surface area (Å²) >= 11 is 9.56. The van der Waals surface area contributed by atoms with Crippen LogP contribution in [0.5, 0.6) is 5.75 Å². The van der Waals surface area contributed by atoms with Gasteiger partial charge in [0.2, 0.25) is 0 Å². The molecule has 0 fully saturated rings. The van der Waals surface area contributed by atoms with Gasteiger partial charge in [-0.2, -0.15) is 13.2 Å². The van der Waals surface area contributed by atoms with Crippen molar-refractivity contribution in [2.24, 2.45) is 0 Å². The van der Waals surface area contributed by atoms with Crippen LogP contribution in [0.25, 0.3) is 16.9 Å². The predicted molar refractivity (Wildman–Crippen MR) is 176 cm³/mol. The largest absolute Gasteiger partial charge is 0.484 e. The second-order valence-corrected chi connectivity index (χ2v) is 12.1. The van der Waals surface area contributed by atoms with Crippen LogP contribution in [-0.4, -0.2) is 50.2 Å². The van der Waals surface area contributed by atoms with Crippen molar-refractivity contribution in [3.05, 3.63) is 134 Å². The molecule has 246 valence electrons. The minimum Gasteiger partial charge on any atom is -0.484 e. The van der Waals surface area contributed by atoms with E-state index < -0.39 is 24.4 Å². The Labute approximate surface area is 285 Å². The number of fused-ring (bicyclic) bond motifs is 1. The van der Waals surface area contributed by atoms with E-state index >= 15 is 0 Å². The van der Waals surface area contributed by atoms with Crippen LogP contribution in [0.3, 0.4) is 0 Å². The Hall–Kier alpha value is -4.88. The molecule has 3 heterocycles. The number of benzene rings is 3. The van der Waals surface area contributed by atoms with Gasteiger partial charge in [-0.05, 0) is 76.1 Å². The molecule has 2 aromatic heterocycles. The van der Waals surface area contributed by atoms with E-state index in [1.165, 1.54) is 44.4 Å². The van der Waals surface area contributed by atoms with Crippen molar-refractivity contribution < 1.29 is 27.5 Å².